The highest BCUT2D eigenvalue weighted by molar-refractivity contribution is 7.99. The van der Waals surface area contributed by atoms with Gasteiger partial charge in [0.05, 0.1) is 10.7 Å². The third-order valence-electron chi connectivity index (χ3n) is 2.28. The van der Waals surface area contributed by atoms with Crippen LogP contribution < -0.4 is 5.32 Å². The van der Waals surface area contributed by atoms with Crippen molar-refractivity contribution in [1.82, 2.24) is 15.1 Å². The van der Waals surface area contributed by atoms with Gasteiger partial charge in [-0.1, -0.05) is 0 Å². The zero-order valence-corrected chi connectivity index (χ0v) is 10.3. The highest BCUT2D eigenvalue weighted by atomic mass is 32.2. The molecule has 86 valence electrons. The average molecular weight is 229 g/mol. The summed E-state index contributed by atoms with van der Waals surface area (Å²) in [6, 6.07) is 2.44. The molecule has 0 aromatic carbocycles. The lowest BCUT2D eigenvalue weighted by atomic mass is 10.2. The number of thioether (sulfide) groups is 1. The maximum atomic E-state index is 8.86. The van der Waals surface area contributed by atoms with Gasteiger partial charge in [0.25, 0.3) is 0 Å². The molecule has 1 unspecified atom stereocenters. The first kappa shape index (κ1) is 12.5. The molecule has 0 aliphatic carbocycles. The lowest BCUT2D eigenvalue weighted by Crippen LogP contribution is -2.28. The minimum absolute atomic E-state index is 0.233. The van der Waals surface area contributed by atoms with Crippen molar-refractivity contribution in [3.05, 3.63) is 11.8 Å². The van der Waals surface area contributed by atoms with E-state index in [1.807, 2.05) is 25.7 Å². The van der Waals surface area contributed by atoms with E-state index in [-0.39, 0.29) is 6.61 Å². The van der Waals surface area contributed by atoms with Gasteiger partial charge in [-0.25, -0.2) is 0 Å². The molecule has 1 aromatic heterocycles. The van der Waals surface area contributed by atoms with Crippen molar-refractivity contribution < 1.29 is 5.11 Å². The van der Waals surface area contributed by atoms with Crippen molar-refractivity contribution in [3.63, 3.8) is 0 Å². The molecular weight excluding hydrogens is 210 g/mol. The van der Waals surface area contributed by atoms with E-state index in [0.29, 0.717) is 6.04 Å². The van der Waals surface area contributed by atoms with Crippen LogP contribution in [0.3, 0.4) is 0 Å². The summed E-state index contributed by atoms with van der Waals surface area (Å²) in [6.45, 7) is 2.23. The molecule has 0 aliphatic heterocycles. The maximum Gasteiger partial charge on any atom is 0.0939 e. The Hall–Kier alpha value is -0.520. The second-order valence-electron chi connectivity index (χ2n) is 3.56. The number of hydrogen-bond acceptors (Lipinski definition) is 4. The lowest BCUT2D eigenvalue weighted by Gasteiger charge is -2.13. The highest BCUT2D eigenvalue weighted by Gasteiger charge is 2.08. The number of nitrogens with zero attached hydrogens (tertiary/aromatic N) is 2. The smallest absolute Gasteiger partial charge is 0.0939 e. The van der Waals surface area contributed by atoms with Crippen LogP contribution in [-0.4, -0.2) is 40.3 Å². The Morgan fingerprint density at radius 3 is 2.87 bits per heavy atom. The van der Waals surface area contributed by atoms with Crippen molar-refractivity contribution >= 4 is 11.8 Å². The molecule has 1 aromatic rings. The molecule has 4 nitrogen and oxygen atoms in total. The van der Waals surface area contributed by atoms with Gasteiger partial charge >= 0.3 is 0 Å². The lowest BCUT2D eigenvalue weighted by molar-refractivity contribution is 0.273. The fraction of sp³-hybridized carbons (Fsp3) is 0.700. The van der Waals surface area contributed by atoms with Gasteiger partial charge in [0.1, 0.15) is 0 Å². The number of aromatic nitrogens is 2. The largest absolute Gasteiger partial charge is 0.396 e. The molecular formula is C10H19N3OS. The Labute approximate surface area is 95.1 Å². The van der Waals surface area contributed by atoms with Gasteiger partial charge in [-0.05, 0) is 26.5 Å². The first-order valence-electron chi connectivity index (χ1n) is 5.09. The van der Waals surface area contributed by atoms with E-state index < -0.39 is 0 Å². The van der Waals surface area contributed by atoms with E-state index in [1.54, 1.807) is 11.8 Å². The SMILES string of the molecule is CNC(CCO)CSc1cc(C)nn1C. The molecule has 1 atom stereocenters. The summed E-state index contributed by atoms with van der Waals surface area (Å²) in [6.07, 6.45) is 0.792. The maximum absolute atomic E-state index is 8.86. The number of aliphatic hydroxyl groups excluding tert-OH is 1. The highest BCUT2D eigenvalue weighted by Crippen LogP contribution is 2.19. The van der Waals surface area contributed by atoms with E-state index in [0.717, 1.165) is 17.9 Å². The molecule has 1 rings (SSSR count). The fourth-order valence-corrected chi connectivity index (χ4v) is 2.56. The molecule has 2 N–H and O–H groups in total. The normalized spacial score (nSPS) is 13.1. The van der Waals surface area contributed by atoms with Crippen LogP contribution in [0.2, 0.25) is 0 Å². The standard InChI is InChI=1S/C10H19N3OS/c1-8-6-10(13(3)12-8)15-7-9(11-2)4-5-14/h6,9,11,14H,4-5,7H2,1-3H3. The van der Waals surface area contributed by atoms with Crippen LogP contribution >= 0.6 is 11.8 Å². The summed E-state index contributed by atoms with van der Waals surface area (Å²) >= 11 is 1.77. The molecule has 15 heavy (non-hydrogen) atoms. The average Bonchev–Trinajstić information content (AvgIpc) is 2.52. The van der Waals surface area contributed by atoms with E-state index >= 15 is 0 Å². The van der Waals surface area contributed by atoms with E-state index in [4.69, 9.17) is 5.11 Å². The Bertz CT molecular complexity index is 301. The topological polar surface area (TPSA) is 50.1 Å². The Morgan fingerprint density at radius 1 is 1.67 bits per heavy atom. The molecule has 1 heterocycles. The van der Waals surface area contributed by atoms with Crippen LogP contribution in [0.4, 0.5) is 0 Å². The van der Waals surface area contributed by atoms with Crippen LogP contribution in [0, 0.1) is 6.92 Å². The Morgan fingerprint density at radius 2 is 2.40 bits per heavy atom. The minimum atomic E-state index is 0.233. The van der Waals surface area contributed by atoms with Crippen LogP contribution in [0.25, 0.3) is 0 Å². The van der Waals surface area contributed by atoms with Gasteiger partial charge < -0.3 is 10.4 Å². The fourth-order valence-electron chi connectivity index (χ4n) is 1.37. The second kappa shape index (κ2) is 6.15. The summed E-state index contributed by atoms with van der Waals surface area (Å²) in [5.41, 5.74) is 1.04. The number of rotatable bonds is 6. The monoisotopic (exact) mass is 229 g/mol. The summed E-state index contributed by atoms with van der Waals surface area (Å²) in [5, 5.41) is 17.5. The van der Waals surface area contributed by atoms with E-state index in [1.165, 1.54) is 5.03 Å². The molecule has 0 saturated carbocycles. The molecule has 0 saturated heterocycles. The van der Waals surface area contributed by atoms with Gasteiger partial charge in [0, 0.05) is 25.4 Å². The van der Waals surface area contributed by atoms with E-state index in [2.05, 4.69) is 16.5 Å². The number of hydrogen-bond donors (Lipinski definition) is 2. The second-order valence-corrected chi connectivity index (χ2v) is 4.60. The number of aryl methyl sites for hydroxylation is 2. The summed E-state index contributed by atoms with van der Waals surface area (Å²) < 4.78 is 1.89. The Kier molecular flexibility index (Phi) is 5.14. The molecule has 5 heteroatoms. The van der Waals surface area contributed by atoms with Crippen LogP contribution in [0.1, 0.15) is 12.1 Å². The first-order chi connectivity index (χ1) is 7.17. The van der Waals surface area contributed by atoms with Crippen molar-refractivity contribution in [1.29, 1.82) is 0 Å². The molecule has 0 aliphatic rings. The number of nitrogens with one attached hydrogen (secondary N) is 1. The minimum Gasteiger partial charge on any atom is -0.396 e. The van der Waals surface area contributed by atoms with Crippen molar-refractivity contribution in [2.24, 2.45) is 7.05 Å². The third kappa shape index (κ3) is 3.85. The number of aliphatic hydroxyl groups is 1. The molecule has 0 amide bonds. The van der Waals surface area contributed by atoms with E-state index in [9.17, 15) is 0 Å². The first-order valence-corrected chi connectivity index (χ1v) is 6.07. The molecule has 0 radical (unpaired) electrons. The molecule has 0 spiro atoms. The predicted molar refractivity (Wildman–Crippen MR) is 63.2 cm³/mol. The third-order valence-corrected chi connectivity index (χ3v) is 3.52. The summed E-state index contributed by atoms with van der Waals surface area (Å²) in [4.78, 5) is 0. The van der Waals surface area contributed by atoms with Crippen molar-refractivity contribution in [2.75, 3.05) is 19.4 Å². The van der Waals surface area contributed by atoms with Crippen LogP contribution in [-0.2, 0) is 7.05 Å². The zero-order chi connectivity index (χ0) is 11.3. The molecule has 0 fully saturated rings. The van der Waals surface area contributed by atoms with Gasteiger partial charge in [0.15, 0.2) is 0 Å². The van der Waals surface area contributed by atoms with Gasteiger partial charge in [-0.15, -0.1) is 11.8 Å². The quantitative estimate of drug-likeness (QED) is 0.708. The van der Waals surface area contributed by atoms with Gasteiger partial charge in [-0.3, -0.25) is 4.68 Å². The van der Waals surface area contributed by atoms with Gasteiger partial charge in [-0.2, -0.15) is 5.10 Å². The van der Waals surface area contributed by atoms with Crippen molar-refractivity contribution in [3.8, 4) is 0 Å². The molecule has 0 bridgehead atoms. The summed E-state index contributed by atoms with van der Waals surface area (Å²) in [7, 11) is 3.88. The van der Waals surface area contributed by atoms with Crippen molar-refractivity contribution in [2.45, 2.75) is 24.4 Å². The van der Waals surface area contributed by atoms with Crippen LogP contribution in [0.5, 0.6) is 0 Å². The zero-order valence-electron chi connectivity index (χ0n) is 9.53. The predicted octanol–water partition coefficient (Wildman–Crippen LogP) is 0.791. The summed E-state index contributed by atoms with van der Waals surface area (Å²) in [5.74, 6) is 0.954. The van der Waals surface area contributed by atoms with Crippen LogP contribution in [0.15, 0.2) is 11.1 Å². The van der Waals surface area contributed by atoms with Gasteiger partial charge in [0.2, 0.25) is 0 Å². The Balaban J connectivity index is 2.44.